The van der Waals surface area contributed by atoms with Crippen molar-refractivity contribution in [1.82, 2.24) is 20.3 Å². The standard InChI is InChI=1S/C24H27ClN6O3S/c1-14(18-13-27-20(35-18)15-5-7-16(25)8-6-15)28-22-26-11-9-19(30-22)31-12-10-17(21(31)32)29-23(33)34-24(2,3)4/h5-9,11,13-14,17H,10,12H2,1-4H3,(H,29,33)(H,26,28,30)/t14-,17-/m0/s1. The van der Waals surface area contributed by atoms with Gasteiger partial charge >= 0.3 is 6.09 Å². The molecule has 1 aliphatic rings. The topological polar surface area (TPSA) is 109 Å². The first-order valence-corrected chi connectivity index (χ1v) is 12.4. The first kappa shape index (κ1) is 24.9. The van der Waals surface area contributed by atoms with E-state index in [0.29, 0.717) is 29.8 Å². The van der Waals surface area contributed by atoms with Crippen molar-refractivity contribution in [3.8, 4) is 10.6 Å². The van der Waals surface area contributed by atoms with Crippen LogP contribution in [0.15, 0.2) is 42.7 Å². The molecule has 2 atom stereocenters. The highest BCUT2D eigenvalue weighted by atomic mass is 35.5. The largest absolute Gasteiger partial charge is 0.444 e. The van der Waals surface area contributed by atoms with Gasteiger partial charge in [-0.3, -0.25) is 9.69 Å². The minimum absolute atomic E-state index is 0.0975. The number of carbonyl (C=O) groups is 2. The molecule has 0 radical (unpaired) electrons. The molecule has 3 aromatic rings. The van der Waals surface area contributed by atoms with Crippen LogP contribution in [-0.2, 0) is 9.53 Å². The van der Waals surface area contributed by atoms with Gasteiger partial charge in [-0.2, -0.15) is 4.98 Å². The van der Waals surface area contributed by atoms with Crippen molar-refractivity contribution in [2.75, 3.05) is 16.8 Å². The second-order valence-corrected chi connectivity index (χ2v) is 10.7. The summed E-state index contributed by atoms with van der Waals surface area (Å²) in [4.78, 5) is 40.9. The number of alkyl carbamates (subject to hydrolysis) is 1. The third-order valence-corrected chi connectivity index (χ3v) is 6.68. The maximum Gasteiger partial charge on any atom is 0.408 e. The zero-order valence-corrected chi connectivity index (χ0v) is 21.5. The number of aromatic nitrogens is 3. The second-order valence-electron chi connectivity index (χ2n) is 9.16. The summed E-state index contributed by atoms with van der Waals surface area (Å²) in [5.41, 5.74) is 0.362. The van der Waals surface area contributed by atoms with Crippen LogP contribution in [0.4, 0.5) is 16.6 Å². The van der Waals surface area contributed by atoms with Crippen molar-refractivity contribution in [1.29, 1.82) is 0 Å². The van der Waals surface area contributed by atoms with Gasteiger partial charge in [-0.05, 0) is 52.3 Å². The van der Waals surface area contributed by atoms with Crippen molar-refractivity contribution in [2.24, 2.45) is 0 Å². The van der Waals surface area contributed by atoms with Gasteiger partial charge in [0.2, 0.25) is 5.95 Å². The van der Waals surface area contributed by atoms with E-state index < -0.39 is 17.7 Å². The minimum atomic E-state index is -0.654. The maximum atomic E-state index is 12.9. The highest BCUT2D eigenvalue weighted by molar-refractivity contribution is 7.15. The van der Waals surface area contributed by atoms with E-state index >= 15 is 0 Å². The number of halogens is 1. The molecular formula is C24H27ClN6O3S. The summed E-state index contributed by atoms with van der Waals surface area (Å²) in [6.45, 7) is 7.76. The predicted molar refractivity (Wildman–Crippen MR) is 137 cm³/mol. The van der Waals surface area contributed by atoms with Crippen LogP contribution >= 0.6 is 22.9 Å². The molecule has 0 bridgehead atoms. The Hall–Kier alpha value is -3.24. The van der Waals surface area contributed by atoms with E-state index in [-0.39, 0.29) is 11.9 Å². The first-order chi connectivity index (χ1) is 16.6. The molecule has 1 aromatic carbocycles. The number of hydrogen-bond acceptors (Lipinski definition) is 8. The lowest BCUT2D eigenvalue weighted by Crippen LogP contribution is -2.44. The van der Waals surface area contributed by atoms with E-state index in [1.807, 2.05) is 37.4 Å². The number of anilines is 2. The lowest BCUT2D eigenvalue weighted by molar-refractivity contribution is -0.118. The Labute approximate surface area is 212 Å². The Morgan fingerprint density at radius 1 is 1.23 bits per heavy atom. The van der Waals surface area contributed by atoms with Crippen LogP contribution in [0.25, 0.3) is 10.6 Å². The highest BCUT2D eigenvalue weighted by Gasteiger charge is 2.35. The summed E-state index contributed by atoms with van der Waals surface area (Å²) in [6.07, 6.45) is 3.28. The third kappa shape index (κ3) is 6.26. The van der Waals surface area contributed by atoms with Gasteiger partial charge in [-0.25, -0.2) is 14.8 Å². The van der Waals surface area contributed by atoms with Crippen molar-refractivity contribution in [2.45, 2.75) is 51.8 Å². The highest BCUT2D eigenvalue weighted by Crippen LogP contribution is 2.31. The smallest absolute Gasteiger partial charge is 0.408 e. The molecule has 2 N–H and O–H groups in total. The van der Waals surface area contributed by atoms with Crippen molar-refractivity contribution in [3.63, 3.8) is 0 Å². The number of carbonyl (C=O) groups excluding carboxylic acids is 2. The van der Waals surface area contributed by atoms with E-state index in [0.717, 1.165) is 15.4 Å². The van der Waals surface area contributed by atoms with E-state index in [4.69, 9.17) is 16.3 Å². The van der Waals surface area contributed by atoms with Gasteiger partial charge in [-0.15, -0.1) is 11.3 Å². The molecule has 4 rings (SSSR count). The van der Waals surface area contributed by atoms with Gasteiger partial charge in [0, 0.05) is 34.4 Å². The van der Waals surface area contributed by atoms with Gasteiger partial charge in [-0.1, -0.05) is 23.7 Å². The minimum Gasteiger partial charge on any atom is -0.444 e. The van der Waals surface area contributed by atoms with Gasteiger partial charge in [0.05, 0.1) is 6.04 Å². The number of amides is 2. The van der Waals surface area contributed by atoms with Gasteiger partial charge < -0.3 is 15.4 Å². The molecule has 0 saturated carbocycles. The summed E-state index contributed by atoms with van der Waals surface area (Å²) in [5, 5.41) is 7.50. The van der Waals surface area contributed by atoms with Crippen molar-refractivity contribution in [3.05, 3.63) is 52.6 Å². The fourth-order valence-electron chi connectivity index (χ4n) is 3.54. The molecule has 184 valence electrons. The summed E-state index contributed by atoms with van der Waals surface area (Å²) in [5.74, 6) is 0.635. The molecule has 1 saturated heterocycles. The number of ether oxygens (including phenoxy) is 1. The number of hydrogen-bond donors (Lipinski definition) is 2. The molecule has 9 nitrogen and oxygen atoms in total. The Morgan fingerprint density at radius 3 is 2.69 bits per heavy atom. The number of benzene rings is 1. The zero-order valence-electron chi connectivity index (χ0n) is 19.9. The number of rotatable bonds is 6. The van der Waals surface area contributed by atoms with E-state index in [1.54, 1.807) is 49.3 Å². The quantitative estimate of drug-likeness (QED) is 0.473. The van der Waals surface area contributed by atoms with E-state index in [2.05, 4.69) is 25.6 Å². The van der Waals surface area contributed by atoms with Crippen molar-refractivity contribution < 1.29 is 14.3 Å². The lowest BCUT2D eigenvalue weighted by Gasteiger charge is -2.21. The molecule has 0 aliphatic carbocycles. The molecule has 1 aliphatic heterocycles. The first-order valence-electron chi connectivity index (χ1n) is 11.2. The Bertz CT molecular complexity index is 1210. The SMILES string of the molecule is C[C@H](Nc1nccc(N2CC[C@H](NC(=O)OC(C)(C)C)C2=O)n1)c1cnc(-c2ccc(Cl)cc2)s1. The van der Waals surface area contributed by atoms with Gasteiger partial charge in [0.1, 0.15) is 22.5 Å². The Balaban J connectivity index is 1.40. The molecule has 1 fully saturated rings. The Morgan fingerprint density at radius 2 is 1.97 bits per heavy atom. The lowest BCUT2D eigenvalue weighted by atomic mass is 10.2. The van der Waals surface area contributed by atoms with Crippen LogP contribution in [-0.4, -0.2) is 45.1 Å². The number of nitrogens with one attached hydrogen (secondary N) is 2. The molecule has 35 heavy (non-hydrogen) atoms. The van der Waals surface area contributed by atoms with E-state index in [1.165, 1.54) is 0 Å². The van der Waals surface area contributed by atoms with Crippen LogP contribution in [0, 0.1) is 0 Å². The average Bonchev–Trinajstić information content (AvgIpc) is 3.41. The molecule has 3 heterocycles. The second kappa shape index (κ2) is 10.2. The van der Waals surface area contributed by atoms with Gasteiger partial charge in [0.15, 0.2) is 0 Å². The fraction of sp³-hybridized carbons (Fsp3) is 0.375. The summed E-state index contributed by atoms with van der Waals surface area (Å²) >= 11 is 7.55. The van der Waals surface area contributed by atoms with Crippen LogP contribution in [0.1, 0.15) is 45.0 Å². The summed E-state index contributed by atoms with van der Waals surface area (Å²) < 4.78 is 5.26. The Kier molecular flexibility index (Phi) is 7.23. The molecule has 0 unspecified atom stereocenters. The average molecular weight is 515 g/mol. The van der Waals surface area contributed by atoms with E-state index in [9.17, 15) is 9.59 Å². The summed E-state index contributed by atoms with van der Waals surface area (Å²) in [7, 11) is 0. The fourth-order valence-corrected chi connectivity index (χ4v) is 4.59. The van der Waals surface area contributed by atoms with Crippen LogP contribution < -0.4 is 15.5 Å². The summed E-state index contributed by atoms with van der Waals surface area (Å²) in [6, 6.07) is 8.48. The molecule has 2 aromatic heterocycles. The monoisotopic (exact) mass is 514 g/mol. The maximum absolute atomic E-state index is 12.9. The van der Waals surface area contributed by atoms with Gasteiger partial charge in [0.25, 0.3) is 5.91 Å². The van der Waals surface area contributed by atoms with Crippen LogP contribution in [0.3, 0.4) is 0 Å². The van der Waals surface area contributed by atoms with Crippen LogP contribution in [0.2, 0.25) is 5.02 Å². The molecule has 2 amide bonds. The van der Waals surface area contributed by atoms with Crippen LogP contribution in [0.5, 0.6) is 0 Å². The predicted octanol–water partition coefficient (Wildman–Crippen LogP) is 5.06. The normalized spacial score (nSPS) is 16.8. The zero-order chi connectivity index (χ0) is 25.2. The molecule has 0 spiro atoms. The number of nitrogens with zero attached hydrogens (tertiary/aromatic N) is 4. The van der Waals surface area contributed by atoms with Crippen molar-refractivity contribution >= 4 is 46.7 Å². The number of thiazole rings is 1. The third-order valence-electron chi connectivity index (χ3n) is 5.20. The molecule has 11 heteroatoms. The molecular weight excluding hydrogens is 488 g/mol.